The molecule has 7 heteroatoms. The second-order valence-electron chi connectivity index (χ2n) is 6.33. The molecular weight excluding hydrogens is 402 g/mol. The van der Waals surface area contributed by atoms with Crippen molar-refractivity contribution in [3.05, 3.63) is 88.2 Å². The number of pyridine rings is 1. The zero-order valence-corrected chi connectivity index (χ0v) is 16.3. The molecule has 0 saturated heterocycles. The molecule has 0 fully saturated rings. The molecule has 4 rings (SSSR count). The topological polar surface area (TPSA) is 38.0 Å². The number of halogens is 3. The number of hydrogen-bond donors (Lipinski definition) is 1. The summed E-state index contributed by atoms with van der Waals surface area (Å²) in [7, 11) is 1.81. The summed E-state index contributed by atoms with van der Waals surface area (Å²) in [6.07, 6.45) is 3.86. The Balaban J connectivity index is 1.99. The molecule has 0 aliphatic rings. The van der Waals surface area contributed by atoms with Crippen molar-refractivity contribution in [1.29, 1.82) is 0 Å². The number of rotatable bonds is 4. The molecule has 1 aromatic carbocycles. The van der Waals surface area contributed by atoms with Crippen LogP contribution in [-0.2, 0) is 7.05 Å². The van der Waals surface area contributed by atoms with E-state index in [9.17, 15) is 13.9 Å². The first-order valence-electron chi connectivity index (χ1n) is 8.44. The van der Waals surface area contributed by atoms with Crippen LogP contribution in [0.5, 0.6) is 0 Å². The lowest BCUT2D eigenvalue weighted by Crippen LogP contribution is -2.03. The van der Waals surface area contributed by atoms with Crippen molar-refractivity contribution >= 4 is 22.9 Å². The number of nitrogens with zero attached hydrogens (tertiary/aromatic N) is 2. The zero-order valence-electron chi connectivity index (χ0n) is 14.7. The van der Waals surface area contributed by atoms with Crippen LogP contribution in [0.4, 0.5) is 8.78 Å². The third-order valence-electron chi connectivity index (χ3n) is 4.52. The van der Waals surface area contributed by atoms with Gasteiger partial charge in [0.05, 0.1) is 14.9 Å². The molecule has 3 heterocycles. The van der Waals surface area contributed by atoms with Gasteiger partial charge in [0.1, 0.15) is 17.7 Å². The van der Waals surface area contributed by atoms with Crippen LogP contribution in [0.3, 0.4) is 0 Å². The van der Waals surface area contributed by atoms with Crippen molar-refractivity contribution in [2.24, 2.45) is 7.05 Å². The summed E-state index contributed by atoms with van der Waals surface area (Å²) in [4.78, 5) is 4.90. The highest BCUT2D eigenvalue weighted by atomic mass is 35.5. The molecule has 28 heavy (non-hydrogen) atoms. The smallest absolute Gasteiger partial charge is 0.134 e. The Morgan fingerprint density at radius 2 is 1.96 bits per heavy atom. The molecule has 1 N–H and O–H groups in total. The highest BCUT2D eigenvalue weighted by molar-refractivity contribution is 7.19. The lowest BCUT2D eigenvalue weighted by atomic mass is 9.94. The predicted molar refractivity (Wildman–Crippen MR) is 107 cm³/mol. The van der Waals surface area contributed by atoms with Gasteiger partial charge in [-0.1, -0.05) is 17.7 Å². The third kappa shape index (κ3) is 3.35. The van der Waals surface area contributed by atoms with Gasteiger partial charge in [-0.25, -0.2) is 8.78 Å². The van der Waals surface area contributed by atoms with Crippen LogP contribution in [0, 0.1) is 11.6 Å². The Hall–Kier alpha value is -2.54. The van der Waals surface area contributed by atoms with Crippen LogP contribution in [0.15, 0.2) is 61.1 Å². The average molecular weight is 417 g/mol. The molecule has 3 nitrogen and oxygen atoms in total. The van der Waals surface area contributed by atoms with Gasteiger partial charge in [0.25, 0.3) is 0 Å². The van der Waals surface area contributed by atoms with E-state index in [1.807, 2.05) is 17.7 Å². The number of hydrogen-bond acceptors (Lipinski definition) is 3. The molecule has 3 aromatic heterocycles. The summed E-state index contributed by atoms with van der Waals surface area (Å²) in [5.74, 6) is -1.35. The van der Waals surface area contributed by atoms with Gasteiger partial charge in [-0.3, -0.25) is 4.98 Å². The van der Waals surface area contributed by atoms with Crippen molar-refractivity contribution < 1.29 is 13.9 Å². The average Bonchev–Trinajstić information content (AvgIpc) is 3.24. The van der Waals surface area contributed by atoms with E-state index < -0.39 is 17.7 Å². The molecular formula is C21H15ClF2N2OS. The highest BCUT2D eigenvalue weighted by Gasteiger charge is 2.26. The van der Waals surface area contributed by atoms with Gasteiger partial charge >= 0.3 is 0 Å². The van der Waals surface area contributed by atoms with Crippen molar-refractivity contribution in [2.75, 3.05) is 0 Å². The molecule has 1 unspecified atom stereocenters. The van der Waals surface area contributed by atoms with Crippen LogP contribution < -0.4 is 0 Å². The van der Waals surface area contributed by atoms with Crippen molar-refractivity contribution in [3.63, 3.8) is 0 Å². The van der Waals surface area contributed by atoms with Crippen LogP contribution >= 0.6 is 22.9 Å². The Morgan fingerprint density at radius 3 is 2.61 bits per heavy atom. The molecule has 1 atom stereocenters. The van der Waals surface area contributed by atoms with Gasteiger partial charge in [0, 0.05) is 54.0 Å². The summed E-state index contributed by atoms with van der Waals surface area (Å²) in [5, 5.41) is 11.2. The highest BCUT2D eigenvalue weighted by Crippen LogP contribution is 2.43. The summed E-state index contributed by atoms with van der Waals surface area (Å²) < 4.78 is 30.4. The Morgan fingerprint density at radius 1 is 1.14 bits per heavy atom. The largest absolute Gasteiger partial charge is 0.383 e. The van der Waals surface area contributed by atoms with Gasteiger partial charge in [0.2, 0.25) is 0 Å². The van der Waals surface area contributed by atoms with Crippen molar-refractivity contribution in [3.8, 4) is 21.7 Å². The molecule has 142 valence electrons. The summed E-state index contributed by atoms with van der Waals surface area (Å²) in [5.41, 5.74) is 2.49. The van der Waals surface area contributed by atoms with Gasteiger partial charge in [-0.15, -0.1) is 11.3 Å². The van der Waals surface area contributed by atoms with E-state index in [2.05, 4.69) is 4.98 Å². The van der Waals surface area contributed by atoms with E-state index in [0.717, 1.165) is 10.9 Å². The predicted octanol–water partition coefficient (Wildman–Crippen LogP) is 5.83. The van der Waals surface area contributed by atoms with E-state index in [0.29, 0.717) is 26.7 Å². The number of aromatic nitrogens is 2. The molecule has 0 bridgehead atoms. The van der Waals surface area contributed by atoms with Crippen molar-refractivity contribution in [2.45, 2.75) is 6.10 Å². The standard InChI is InChI=1S/C21H15ClF2N2OS/c1-26-11-15(14-5-4-13(23)9-16(14)24)19(20(26)17-6-7-18(22)28-17)21(27)12-3-2-8-25-10-12/h2-11,21,27H,1H3. The first kappa shape index (κ1) is 18.8. The zero-order chi connectivity index (χ0) is 19.8. The molecule has 0 saturated carbocycles. The maximum Gasteiger partial charge on any atom is 0.134 e. The maximum absolute atomic E-state index is 14.6. The van der Waals surface area contributed by atoms with E-state index in [-0.39, 0.29) is 5.56 Å². The summed E-state index contributed by atoms with van der Waals surface area (Å²) in [6, 6.07) is 10.5. The normalized spacial score (nSPS) is 12.3. The van der Waals surface area contributed by atoms with E-state index in [4.69, 9.17) is 11.6 Å². The first-order chi connectivity index (χ1) is 13.5. The van der Waals surface area contributed by atoms with E-state index in [1.54, 1.807) is 36.8 Å². The number of benzene rings is 1. The lowest BCUT2D eigenvalue weighted by molar-refractivity contribution is 0.221. The summed E-state index contributed by atoms with van der Waals surface area (Å²) >= 11 is 7.47. The van der Waals surface area contributed by atoms with Crippen LogP contribution in [0.1, 0.15) is 17.2 Å². The van der Waals surface area contributed by atoms with Gasteiger partial charge in [-0.05, 0) is 30.3 Å². The third-order valence-corrected chi connectivity index (χ3v) is 5.76. The second kappa shape index (κ2) is 7.47. The Labute approximate surface area is 169 Å². The van der Waals surface area contributed by atoms with Crippen molar-refractivity contribution in [1.82, 2.24) is 9.55 Å². The fourth-order valence-electron chi connectivity index (χ4n) is 3.30. The number of aliphatic hydroxyl groups excluding tert-OH is 1. The summed E-state index contributed by atoms with van der Waals surface area (Å²) in [6.45, 7) is 0. The first-order valence-corrected chi connectivity index (χ1v) is 9.63. The van der Waals surface area contributed by atoms with Crippen LogP contribution in [-0.4, -0.2) is 14.7 Å². The maximum atomic E-state index is 14.6. The monoisotopic (exact) mass is 416 g/mol. The second-order valence-corrected chi connectivity index (χ2v) is 8.05. The number of thiophene rings is 1. The molecule has 0 aliphatic heterocycles. The van der Waals surface area contributed by atoms with Gasteiger partial charge < -0.3 is 9.67 Å². The SMILES string of the molecule is Cn1cc(-c2ccc(F)cc2F)c(C(O)c2cccnc2)c1-c1ccc(Cl)s1. The molecule has 0 radical (unpaired) electrons. The fraction of sp³-hybridized carbons (Fsp3) is 0.0952. The van der Waals surface area contributed by atoms with Gasteiger partial charge in [0.15, 0.2) is 0 Å². The minimum absolute atomic E-state index is 0.212. The van der Waals surface area contributed by atoms with E-state index >= 15 is 0 Å². The quantitative estimate of drug-likeness (QED) is 0.454. The van der Waals surface area contributed by atoms with E-state index in [1.165, 1.54) is 23.5 Å². The van der Waals surface area contributed by atoms with Crippen LogP contribution in [0.2, 0.25) is 4.34 Å². The molecule has 0 aliphatic carbocycles. The lowest BCUT2D eigenvalue weighted by Gasteiger charge is -2.15. The van der Waals surface area contributed by atoms with Crippen LogP contribution in [0.25, 0.3) is 21.7 Å². The molecule has 0 amide bonds. The molecule has 0 spiro atoms. The molecule has 4 aromatic rings. The minimum atomic E-state index is -1.05. The fourth-order valence-corrected chi connectivity index (χ4v) is 4.44. The van der Waals surface area contributed by atoms with Gasteiger partial charge in [-0.2, -0.15) is 0 Å². The number of aryl methyl sites for hydroxylation is 1. The number of aliphatic hydroxyl groups is 1. The minimum Gasteiger partial charge on any atom is -0.383 e. The Bertz CT molecular complexity index is 1140. The Kier molecular flexibility index (Phi) is 5.02.